The van der Waals surface area contributed by atoms with Crippen molar-refractivity contribution < 1.29 is 0 Å². The maximum atomic E-state index is 8.96. The maximum Gasteiger partial charge on any atom is 0.230 e. The number of nitriles is 1. The fourth-order valence-corrected chi connectivity index (χ4v) is 1.88. The molecule has 108 valence electrons. The van der Waals surface area contributed by atoms with Crippen molar-refractivity contribution in [2.24, 2.45) is 0 Å². The summed E-state index contributed by atoms with van der Waals surface area (Å²) in [5.41, 5.74) is 1.17. The van der Waals surface area contributed by atoms with E-state index < -0.39 is 0 Å². The molecule has 7 heteroatoms. The van der Waals surface area contributed by atoms with Gasteiger partial charge in [-0.2, -0.15) is 20.2 Å². The maximum absolute atomic E-state index is 8.96. The molecule has 0 aromatic carbocycles. The zero-order valence-electron chi connectivity index (χ0n) is 12.3. The Hall–Kier alpha value is -2.75. The van der Waals surface area contributed by atoms with E-state index >= 15 is 0 Å². The van der Waals surface area contributed by atoms with Gasteiger partial charge in [0, 0.05) is 38.1 Å². The molecule has 0 aliphatic rings. The van der Waals surface area contributed by atoms with Crippen molar-refractivity contribution in [3.63, 3.8) is 0 Å². The van der Waals surface area contributed by atoms with Gasteiger partial charge in [0.25, 0.3) is 0 Å². The van der Waals surface area contributed by atoms with E-state index in [1.54, 1.807) is 19.3 Å². The van der Waals surface area contributed by atoms with Crippen LogP contribution in [-0.2, 0) is 0 Å². The van der Waals surface area contributed by atoms with Gasteiger partial charge in [-0.05, 0) is 19.9 Å². The summed E-state index contributed by atoms with van der Waals surface area (Å²) in [4.78, 5) is 19.3. The van der Waals surface area contributed by atoms with E-state index in [2.05, 4.69) is 31.3 Å². The second-order valence-electron chi connectivity index (χ2n) is 4.28. The number of hydrogen-bond donors (Lipinski definition) is 1. The lowest BCUT2D eigenvalue weighted by Gasteiger charge is -2.19. The van der Waals surface area contributed by atoms with Crippen LogP contribution in [0.5, 0.6) is 0 Å². The Morgan fingerprint density at radius 1 is 1.19 bits per heavy atom. The minimum atomic E-state index is 0.475. The Balaban J connectivity index is 2.52. The number of aromatic nitrogens is 4. The van der Waals surface area contributed by atoms with E-state index in [1.165, 1.54) is 6.20 Å². The topological polar surface area (TPSA) is 90.6 Å². The van der Waals surface area contributed by atoms with E-state index in [4.69, 9.17) is 5.26 Å². The van der Waals surface area contributed by atoms with Crippen molar-refractivity contribution in [2.45, 2.75) is 13.8 Å². The van der Waals surface area contributed by atoms with Crippen molar-refractivity contribution in [1.29, 1.82) is 5.26 Å². The van der Waals surface area contributed by atoms with E-state index in [0.29, 0.717) is 28.8 Å². The molecule has 7 nitrogen and oxygen atoms in total. The Bertz CT molecular complexity index is 659. The number of rotatable bonds is 5. The van der Waals surface area contributed by atoms with Crippen LogP contribution in [0.1, 0.15) is 19.4 Å². The summed E-state index contributed by atoms with van der Waals surface area (Å²) in [6.45, 7) is 5.70. The highest BCUT2D eigenvalue weighted by Crippen LogP contribution is 2.19. The molecule has 0 aliphatic heterocycles. The van der Waals surface area contributed by atoms with Crippen molar-refractivity contribution in [1.82, 2.24) is 19.9 Å². The van der Waals surface area contributed by atoms with E-state index in [-0.39, 0.29) is 0 Å². The smallest absolute Gasteiger partial charge is 0.230 e. The number of nitrogens with zero attached hydrogens (tertiary/aromatic N) is 6. The van der Waals surface area contributed by atoms with Crippen LogP contribution in [0.15, 0.2) is 18.5 Å². The van der Waals surface area contributed by atoms with E-state index in [9.17, 15) is 0 Å². The van der Waals surface area contributed by atoms with Gasteiger partial charge in [0.05, 0.1) is 5.56 Å². The van der Waals surface area contributed by atoms with Gasteiger partial charge in [0.2, 0.25) is 11.9 Å². The zero-order valence-corrected chi connectivity index (χ0v) is 12.3. The summed E-state index contributed by atoms with van der Waals surface area (Å²) < 4.78 is 0. The molecule has 0 fully saturated rings. The van der Waals surface area contributed by atoms with Crippen LogP contribution in [0, 0.1) is 11.3 Å². The standard InChI is InChI=1S/C14H17N7/c1-4-21(5-2)14-19-12(18-13(16-3)20-14)11-6-10(7-15)8-17-9-11/h6,8-9H,4-5H2,1-3H3,(H,16,18,19,20). The van der Waals surface area contributed by atoms with Crippen molar-refractivity contribution >= 4 is 11.9 Å². The molecule has 0 unspecified atom stereocenters. The van der Waals surface area contributed by atoms with Crippen LogP contribution in [-0.4, -0.2) is 40.1 Å². The number of hydrogen-bond acceptors (Lipinski definition) is 7. The van der Waals surface area contributed by atoms with Gasteiger partial charge in [-0.1, -0.05) is 0 Å². The van der Waals surface area contributed by atoms with Gasteiger partial charge in [0.15, 0.2) is 5.82 Å². The summed E-state index contributed by atoms with van der Waals surface area (Å²) in [6, 6.07) is 3.78. The molecule has 0 saturated heterocycles. The van der Waals surface area contributed by atoms with Gasteiger partial charge in [-0.3, -0.25) is 4.98 Å². The molecule has 2 aromatic rings. The third-order valence-corrected chi connectivity index (χ3v) is 3.02. The number of anilines is 2. The van der Waals surface area contributed by atoms with Crippen molar-refractivity contribution in [3.8, 4) is 17.5 Å². The average Bonchev–Trinajstić information content (AvgIpc) is 2.55. The van der Waals surface area contributed by atoms with Gasteiger partial charge in [0.1, 0.15) is 6.07 Å². The van der Waals surface area contributed by atoms with Gasteiger partial charge in [-0.25, -0.2) is 0 Å². The monoisotopic (exact) mass is 283 g/mol. The largest absolute Gasteiger partial charge is 0.357 e. The first-order valence-corrected chi connectivity index (χ1v) is 6.76. The Morgan fingerprint density at radius 2 is 1.95 bits per heavy atom. The van der Waals surface area contributed by atoms with Gasteiger partial charge in [-0.15, -0.1) is 0 Å². The first kappa shape index (κ1) is 14.7. The minimum absolute atomic E-state index is 0.475. The Morgan fingerprint density at radius 3 is 2.57 bits per heavy atom. The molecule has 0 spiro atoms. The Labute approximate surface area is 123 Å². The van der Waals surface area contributed by atoms with E-state index in [0.717, 1.165) is 13.1 Å². The molecule has 2 rings (SSSR count). The molecule has 0 bridgehead atoms. The molecule has 0 atom stereocenters. The molecule has 2 heterocycles. The molecule has 0 aliphatic carbocycles. The molecule has 1 N–H and O–H groups in total. The van der Waals surface area contributed by atoms with Crippen LogP contribution in [0.25, 0.3) is 11.4 Å². The lowest BCUT2D eigenvalue weighted by molar-refractivity contribution is 0.815. The molecule has 0 amide bonds. The van der Waals surface area contributed by atoms with Gasteiger partial charge >= 0.3 is 0 Å². The highest BCUT2D eigenvalue weighted by molar-refractivity contribution is 5.59. The molecular weight excluding hydrogens is 266 g/mol. The lowest BCUT2D eigenvalue weighted by Crippen LogP contribution is -2.25. The predicted molar refractivity (Wildman–Crippen MR) is 80.9 cm³/mol. The third-order valence-electron chi connectivity index (χ3n) is 3.02. The Kier molecular flexibility index (Phi) is 4.61. The van der Waals surface area contributed by atoms with Gasteiger partial charge < -0.3 is 10.2 Å². The van der Waals surface area contributed by atoms with Crippen molar-refractivity contribution in [3.05, 3.63) is 24.0 Å². The van der Waals surface area contributed by atoms with Crippen molar-refractivity contribution in [2.75, 3.05) is 30.4 Å². The molecule has 0 saturated carbocycles. The molecule has 21 heavy (non-hydrogen) atoms. The van der Waals surface area contributed by atoms with Crippen LogP contribution >= 0.6 is 0 Å². The van der Waals surface area contributed by atoms with Crippen LogP contribution < -0.4 is 10.2 Å². The zero-order chi connectivity index (χ0) is 15.2. The second kappa shape index (κ2) is 6.61. The SMILES string of the molecule is CCN(CC)c1nc(NC)nc(-c2cncc(C#N)c2)n1. The first-order valence-electron chi connectivity index (χ1n) is 6.76. The van der Waals surface area contributed by atoms with Crippen LogP contribution in [0.2, 0.25) is 0 Å². The first-order chi connectivity index (χ1) is 10.2. The number of nitrogens with one attached hydrogen (secondary N) is 1. The second-order valence-corrected chi connectivity index (χ2v) is 4.28. The summed E-state index contributed by atoms with van der Waals surface area (Å²) >= 11 is 0. The lowest BCUT2D eigenvalue weighted by atomic mass is 10.2. The average molecular weight is 283 g/mol. The summed E-state index contributed by atoms with van der Waals surface area (Å²) in [7, 11) is 1.76. The molecular formula is C14H17N7. The third kappa shape index (κ3) is 3.23. The van der Waals surface area contributed by atoms with Crippen LogP contribution in [0.4, 0.5) is 11.9 Å². The summed E-state index contributed by atoms with van der Waals surface area (Å²) in [6.07, 6.45) is 3.15. The minimum Gasteiger partial charge on any atom is -0.357 e. The highest BCUT2D eigenvalue weighted by Gasteiger charge is 2.12. The summed E-state index contributed by atoms with van der Waals surface area (Å²) in [5, 5.41) is 11.9. The quantitative estimate of drug-likeness (QED) is 0.892. The predicted octanol–water partition coefficient (Wildman–Crippen LogP) is 1.69. The number of pyridine rings is 1. The fourth-order valence-electron chi connectivity index (χ4n) is 1.88. The fraction of sp³-hybridized carbons (Fsp3) is 0.357. The van der Waals surface area contributed by atoms with E-state index in [1.807, 2.05) is 18.7 Å². The highest BCUT2D eigenvalue weighted by atomic mass is 15.3. The summed E-state index contributed by atoms with van der Waals surface area (Å²) in [5.74, 6) is 1.60. The molecule has 2 aromatic heterocycles. The molecule has 0 radical (unpaired) electrons. The normalized spacial score (nSPS) is 10.0. The van der Waals surface area contributed by atoms with Crippen LogP contribution in [0.3, 0.4) is 0 Å².